The van der Waals surface area contributed by atoms with Crippen LogP contribution >= 0.6 is 0 Å². The smallest absolute Gasteiger partial charge is 0.323 e. The van der Waals surface area contributed by atoms with Crippen LogP contribution in [0.1, 0.15) is 16.1 Å². The number of aliphatic carboxylic acids is 1. The highest BCUT2D eigenvalue weighted by Gasteiger charge is 2.24. The molecule has 2 rings (SSSR count). The topological polar surface area (TPSA) is 70.8 Å². The number of halogens is 1. The zero-order chi connectivity index (χ0) is 15.6. The lowest BCUT2D eigenvalue weighted by Crippen LogP contribution is -2.36. The second kappa shape index (κ2) is 5.67. The Labute approximate surface area is 120 Å². The molecule has 1 aromatic carbocycles. The quantitative estimate of drug-likeness (QED) is 0.874. The molecule has 108 valence electrons. The predicted molar refractivity (Wildman–Crippen MR) is 73.3 cm³/mol. The fraction of sp³-hybridized carbons (Fsp3) is 0.200. The standard InChI is InChI=1S/C15H12FNO4/c1-3-6-17(8-13(18)19)15(20)14-9(2)11-7-10(16)4-5-12(11)21-14/h1,4-5,7H,6,8H2,2H3,(H,18,19). The number of terminal acetylenes is 1. The van der Waals surface area contributed by atoms with Crippen LogP contribution in [0.5, 0.6) is 0 Å². The first-order valence-electron chi connectivity index (χ1n) is 6.07. The minimum atomic E-state index is -1.18. The van der Waals surface area contributed by atoms with E-state index in [9.17, 15) is 14.0 Å². The summed E-state index contributed by atoms with van der Waals surface area (Å²) < 4.78 is 18.6. The lowest BCUT2D eigenvalue weighted by molar-refractivity contribution is -0.137. The zero-order valence-corrected chi connectivity index (χ0v) is 11.2. The highest BCUT2D eigenvalue weighted by molar-refractivity contribution is 6.00. The molecule has 0 aliphatic heterocycles. The number of carboxylic acid groups (broad SMARTS) is 1. The van der Waals surface area contributed by atoms with Crippen LogP contribution in [0, 0.1) is 25.1 Å². The van der Waals surface area contributed by atoms with Gasteiger partial charge >= 0.3 is 5.97 Å². The van der Waals surface area contributed by atoms with Crippen LogP contribution in [0.2, 0.25) is 0 Å². The fourth-order valence-electron chi connectivity index (χ4n) is 2.01. The maximum Gasteiger partial charge on any atom is 0.323 e. The Bertz CT molecular complexity index is 757. The largest absolute Gasteiger partial charge is 0.480 e. The van der Waals surface area contributed by atoms with Crippen molar-refractivity contribution in [1.29, 1.82) is 0 Å². The van der Waals surface area contributed by atoms with Gasteiger partial charge in [-0.2, -0.15) is 0 Å². The number of carboxylic acids is 1. The third-order valence-electron chi connectivity index (χ3n) is 2.99. The molecule has 0 spiro atoms. The molecule has 6 heteroatoms. The van der Waals surface area contributed by atoms with Crippen LogP contribution < -0.4 is 0 Å². The maximum atomic E-state index is 13.2. The normalized spacial score (nSPS) is 10.3. The molecule has 0 bridgehead atoms. The molecule has 0 atom stereocenters. The van der Waals surface area contributed by atoms with Gasteiger partial charge in [0.15, 0.2) is 5.76 Å². The van der Waals surface area contributed by atoms with Gasteiger partial charge in [0.25, 0.3) is 5.91 Å². The van der Waals surface area contributed by atoms with E-state index in [2.05, 4.69) is 5.92 Å². The van der Waals surface area contributed by atoms with Crippen molar-refractivity contribution < 1.29 is 23.5 Å². The van der Waals surface area contributed by atoms with Crippen molar-refractivity contribution in [2.24, 2.45) is 0 Å². The molecular weight excluding hydrogens is 277 g/mol. The van der Waals surface area contributed by atoms with E-state index in [-0.39, 0.29) is 12.3 Å². The summed E-state index contributed by atoms with van der Waals surface area (Å²) in [5, 5.41) is 9.28. The summed E-state index contributed by atoms with van der Waals surface area (Å²) >= 11 is 0. The molecule has 1 N–H and O–H groups in total. The summed E-state index contributed by atoms with van der Waals surface area (Å²) in [7, 11) is 0. The van der Waals surface area contributed by atoms with Crippen LogP contribution in [0.3, 0.4) is 0 Å². The number of aryl methyl sites for hydroxylation is 1. The van der Waals surface area contributed by atoms with Crippen molar-refractivity contribution in [2.75, 3.05) is 13.1 Å². The van der Waals surface area contributed by atoms with E-state index in [1.807, 2.05) is 0 Å². The monoisotopic (exact) mass is 289 g/mol. The predicted octanol–water partition coefficient (Wildman–Crippen LogP) is 2.04. The van der Waals surface area contributed by atoms with Gasteiger partial charge in [-0.25, -0.2) is 4.39 Å². The minimum absolute atomic E-state index is 0.0351. The van der Waals surface area contributed by atoms with E-state index in [4.69, 9.17) is 15.9 Å². The van der Waals surface area contributed by atoms with E-state index in [0.29, 0.717) is 16.5 Å². The third kappa shape index (κ3) is 2.87. The van der Waals surface area contributed by atoms with Gasteiger partial charge < -0.3 is 14.4 Å². The second-order valence-corrected chi connectivity index (χ2v) is 4.46. The lowest BCUT2D eigenvalue weighted by atomic mass is 10.1. The molecule has 0 aliphatic carbocycles. The van der Waals surface area contributed by atoms with E-state index < -0.39 is 24.2 Å². The molecule has 0 unspecified atom stereocenters. The summed E-state index contributed by atoms with van der Waals surface area (Å²) in [6, 6.07) is 3.89. The van der Waals surface area contributed by atoms with Crippen LogP contribution in [-0.4, -0.2) is 35.0 Å². The van der Waals surface area contributed by atoms with E-state index >= 15 is 0 Å². The molecular formula is C15H12FNO4. The Morgan fingerprint density at radius 1 is 1.48 bits per heavy atom. The molecule has 0 saturated carbocycles. The van der Waals surface area contributed by atoms with Gasteiger partial charge in [-0.05, 0) is 25.1 Å². The fourth-order valence-corrected chi connectivity index (χ4v) is 2.01. The molecule has 21 heavy (non-hydrogen) atoms. The number of furan rings is 1. The lowest BCUT2D eigenvalue weighted by Gasteiger charge is -2.16. The molecule has 1 heterocycles. The van der Waals surface area contributed by atoms with E-state index in [1.165, 1.54) is 18.2 Å². The van der Waals surface area contributed by atoms with Crippen LogP contribution in [0.15, 0.2) is 22.6 Å². The Hall–Kier alpha value is -2.81. The number of carbonyl (C=O) groups excluding carboxylic acids is 1. The molecule has 1 amide bonds. The summed E-state index contributed by atoms with van der Waals surface area (Å²) in [5.74, 6) is -0.0734. The van der Waals surface area contributed by atoms with Crippen molar-refractivity contribution in [3.63, 3.8) is 0 Å². The van der Waals surface area contributed by atoms with Gasteiger partial charge in [0, 0.05) is 10.9 Å². The first kappa shape index (κ1) is 14.6. The van der Waals surface area contributed by atoms with Gasteiger partial charge in [0.1, 0.15) is 17.9 Å². The van der Waals surface area contributed by atoms with Gasteiger partial charge in [-0.15, -0.1) is 6.42 Å². The number of amides is 1. The number of hydrogen-bond donors (Lipinski definition) is 1. The Kier molecular flexibility index (Phi) is 3.94. The summed E-state index contributed by atoms with van der Waals surface area (Å²) in [6.07, 6.45) is 5.14. The average molecular weight is 289 g/mol. The molecule has 1 aromatic heterocycles. The first-order valence-corrected chi connectivity index (χ1v) is 6.07. The Morgan fingerprint density at radius 2 is 2.19 bits per heavy atom. The number of nitrogens with zero attached hydrogens (tertiary/aromatic N) is 1. The van der Waals surface area contributed by atoms with Gasteiger partial charge in [0.05, 0.1) is 6.54 Å². The summed E-state index contributed by atoms with van der Waals surface area (Å²) in [4.78, 5) is 24.1. The number of hydrogen-bond acceptors (Lipinski definition) is 3. The number of carbonyl (C=O) groups is 2. The van der Waals surface area contributed by atoms with Gasteiger partial charge in [-0.3, -0.25) is 9.59 Å². The van der Waals surface area contributed by atoms with Crippen LogP contribution in [0.4, 0.5) is 4.39 Å². The number of fused-ring (bicyclic) bond motifs is 1. The van der Waals surface area contributed by atoms with Crippen molar-refractivity contribution in [3.8, 4) is 12.3 Å². The molecule has 5 nitrogen and oxygen atoms in total. The third-order valence-corrected chi connectivity index (χ3v) is 2.99. The van der Waals surface area contributed by atoms with Crippen LogP contribution in [-0.2, 0) is 4.79 Å². The van der Waals surface area contributed by atoms with Crippen LogP contribution in [0.25, 0.3) is 11.0 Å². The van der Waals surface area contributed by atoms with Gasteiger partial charge in [0.2, 0.25) is 0 Å². The second-order valence-electron chi connectivity index (χ2n) is 4.46. The summed E-state index contributed by atoms with van der Waals surface area (Å²) in [5.41, 5.74) is 0.801. The molecule has 0 radical (unpaired) electrons. The molecule has 2 aromatic rings. The molecule has 0 aliphatic rings. The SMILES string of the molecule is C#CCN(CC(=O)O)C(=O)c1oc2ccc(F)cc2c1C. The number of benzene rings is 1. The maximum absolute atomic E-state index is 13.2. The zero-order valence-electron chi connectivity index (χ0n) is 11.2. The highest BCUT2D eigenvalue weighted by atomic mass is 19.1. The van der Waals surface area contributed by atoms with E-state index in [0.717, 1.165) is 4.90 Å². The van der Waals surface area contributed by atoms with Crippen molar-refractivity contribution in [2.45, 2.75) is 6.92 Å². The Balaban J connectivity index is 2.44. The van der Waals surface area contributed by atoms with Gasteiger partial charge in [-0.1, -0.05) is 5.92 Å². The molecule has 0 fully saturated rings. The molecule has 0 saturated heterocycles. The highest BCUT2D eigenvalue weighted by Crippen LogP contribution is 2.26. The van der Waals surface area contributed by atoms with Crippen molar-refractivity contribution in [3.05, 3.63) is 35.3 Å². The van der Waals surface area contributed by atoms with E-state index in [1.54, 1.807) is 6.92 Å². The number of rotatable bonds is 4. The minimum Gasteiger partial charge on any atom is -0.480 e. The van der Waals surface area contributed by atoms with Crippen molar-refractivity contribution >= 4 is 22.8 Å². The average Bonchev–Trinajstić information content (AvgIpc) is 2.74. The van der Waals surface area contributed by atoms with Crippen molar-refractivity contribution in [1.82, 2.24) is 4.90 Å². The Morgan fingerprint density at radius 3 is 2.81 bits per heavy atom. The first-order chi connectivity index (χ1) is 9.93. The summed E-state index contributed by atoms with van der Waals surface area (Å²) in [6.45, 7) is 0.914.